The Kier molecular flexibility index (Phi) is 39.5. The molecule has 268 valence electrons. The van der Waals surface area contributed by atoms with Crippen molar-refractivity contribution < 1.29 is 92.7 Å². The summed E-state index contributed by atoms with van der Waals surface area (Å²) in [5.74, 6) is -2.62. The number of ether oxygens (including phenoxy) is 5. The van der Waals surface area contributed by atoms with E-state index in [1.807, 2.05) is 0 Å². The van der Waals surface area contributed by atoms with E-state index < -0.39 is 58.8 Å². The fourth-order valence-corrected chi connectivity index (χ4v) is 6.57. The smallest absolute Gasteiger partial charge is 0.757 e. The quantitative estimate of drug-likeness (QED) is 0.0540. The Morgan fingerprint density at radius 2 is 0.955 bits per heavy atom. The van der Waals surface area contributed by atoms with Crippen LogP contribution < -0.4 is 0 Å². The first-order chi connectivity index (χ1) is 19.5. The van der Waals surface area contributed by atoms with Gasteiger partial charge in [0.2, 0.25) is 0 Å². The second-order valence-electron chi connectivity index (χ2n) is 8.53. The Morgan fingerprint density at radius 1 is 0.659 bits per heavy atom. The summed E-state index contributed by atoms with van der Waals surface area (Å²) < 4.78 is 25.7. The van der Waals surface area contributed by atoms with Gasteiger partial charge in [0.1, 0.15) is 18.8 Å². The van der Waals surface area contributed by atoms with Crippen LogP contribution in [0.3, 0.4) is 0 Å². The van der Waals surface area contributed by atoms with Crippen LogP contribution in [-0.4, -0.2) is 102 Å². The third kappa shape index (κ3) is 29.2. The molecule has 0 aromatic carbocycles. The zero-order valence-corrected chi connectivity index (χ0v) is 34.0. The summed E-state index contributed by atoms with van der Waals surface area (Å²) in [6.45, 7) is 18.1. The minimum atomic E-state index is -1.75. The van der Waals surface area contributed by atoms with Crippen molar-refractivity contribution in [1.82, 2.24) is 0 Å². The molecule has 1 aliphatic heterocycles. The van der Waals surface area contributed by atoms with Gasteiger partial charge < -0.3 is 51.6 Å². The van der Waals surface area contributed by atoms with Gasteiger partial charge in [0.25, 0.3) is 0 Å². The fourth-order valence-electron chi connectivity index (χ4n) is 3.53. The van der Waals surface area contributed by atoms with Gasteiger partial charge in [-0.1, -0.05) is 41.5 Å². The topological polar surface area (TPSA) is 181 Å². The number of esters is 4. The summed E-state index contributed by atoms with van der Waals surface area (Å²) in [7, 11) is 0.892. The van der Waals surface area contributed by atoms with Crippen molar-refractivity contribution in [2.75, 3.05) is 43.6 Å². The third-order valence-electron chi connectivity index (χ3n) is 5.63. The van der Waals surface area contributed by atoms with Gasteiger partial charge in [-0.05, 0) is 42.4 Å². The van der Waals surface area contributed by atoms with Crippen LogP contribution in [0.25, 0.3) is 0 Å². The van der Waals surface area contributed by atoms with Crippen molar-refractivity contribution in [2.45, 2.75) is 99.1 Å². The molecule has 0 saturated carbocycles. The standard InChI is InChI=1S/C14H20O9S.2C6H15P.2Au.NO3/c1-6(15)19-5-10-11(20-7(2)16)12(21-8(3)17)13(14(24)23-10)22-9(4)18;2*1-4-7(5-2)6-3;;;2-1(3)4/h10-14,24H,5H2,1-4H3;2*4-6H2,1-3H3;;;/q;;;2*+1;-1/p-1/t10-,11-,12+,13-,14+;;;;;/m1...../s1. The summed E-state index contributed by atoms with van der Waals surface area (Å²) in [6.07, 6.45) is 4.04. The van der Waals surface area contributed by atoms with Crippen LogP contribution in [0.1, 0.15) is 69.2 Å². The van der Waals surface area contributed by atoms with Gasteiger partial charge in [-0.25, -0.2) is 0 Å². The van der Waals surface area contributed by atoms with E-state index in [0.717, 1.165) is 20.8 Å². The molecule has 0 N–H and O–H groups in total. The van der Waals surface area contributed by atoms with Crippen molar-refractivity contribution in [3.8, 4) is 0 Å². The monoisotopic (exact) mass is 1060 g/mol. The van der Waals surface area contributed by atoms with E-state index in [0.29, 0.717) is 15.8 Å². The summed E-state index contributed by atoms with van der Waals surface area (Å²) in [5.41, 5.74) is -1.09. The maximum absolute atomic E-state index is 11.4. The molecule has 0 spiro atoms. The molecule has 0 radical (unpaired) electrons. The van der Waals surface area contributed by atoms with Crippen LogP contribution in [-0.2, 0) is 100 Å². The van der Waals surface area contributed by atoms with Gasteiger partial charge in [-0.3, -0.25) is 19.2 Å². The van der Waals surface area contributed by atoms with E-state index in [4.69, 9.17) is 51.6 Å². The Hall–Kier alpha value is -0.269. The SMILES string of the molecule is CC(=O)OC[C@H]1O[C@@H]([S-])[C@H](OC(C)=O)[C@@H](OC(C)=O)[C@@H]1OC(C)=O.CCP(CC)CC.CCP(CC)CC.O=[N+]([O-])[O-].[Au+].[Au+]. The van der Waals surface area contributed by atoms with Crippen molar-refractivity contribution in [3.05, 3.63) is 15.3 Å². The summed E-state index contributed by atoms with van der Waals surface area (Å²) in [6, 6.07) is 0. The first-order valence-corrected chi connectivity index (χ1v) is 18.0. The molecule has 18 heteroatoms. The van der Waals surface area contributed by atoms with Crippen LogP contribution in [0.15, 0.2) is 0 Å². The second kappa shape index (κ2) is 32.7. The number of carbonyl (C=O) groups excluding carboxylic acids is 4. The van der Waals surface area contributed by atoms with Gasteiger partial charge in [-0.15, -0.1) is 15.8 Å². The predicted molar refractivity (Wildman–Crippen MR) is 167 cm³/mol. The molecule has 5 atom stereocenters. The molecule has 0 aliphatic carbocycles. The molecular weight excluding hydrogens is 1010 g/mol. The van der Waals surface area contributed by atoms with Crippen molar-refractivity contribution in [2.24, 2.45) is 0 Å². The van der Waals surface area contributed by atoms with Gasteiger partial charge in [0, 0.05) is 27.7 Å². The molecule has 44 heavy (non-hydrogen) atoms. The molecule has 0 unspecified atom stereocenters. The molecule has 13 nitrogen and oxygen atoms in total. The normalized spacial score (nSPS) is 19.8. The largest absolute Gasteiger partial charge is 1.00 e. The molecule has 1 heterocycles. The van der Waals surface area contributed by atoms with Crippen LogP contribution in [0.5, 0.6) is 0 Å². The zero-order valence-electron chi connectivity index (χ0n) is 27.1. The Labute approximate surface area is 301 Å². The van der Waals surface area contributed by atoms with Crippen LogP contribution in [0.4, 0.5) is 0 Å². The van der Waals surface area contributed by atoms with Crippen LogP contribution in [0.2, 0.25) is 0 Å². The number of nitrogens with zero attached hydrogens (tertiary/aromatic N) is 1. The molecular formula is C26H49Au2NO12P2S. The number of carbonyl (C=O) groups is 4. The molecule has 1 saturated heterocycles. The van der Waals surface area contributed by atoms with Crippen molar-refractivity contribution in [3.63, 3.8) is 0 Å². The number of rotatable bonds is 11. The molecule has 0 aromatic rings. The summed E-state index contributed by atoms with van der Waals surface area (Å²) in [4.78, 5) is 53.3. The molecule has 1 rings (SSSR count). The fraction of sp³-hybridized carbons (Fsp3) is 0.846. The molecule has 1 fully saturated rings. The molecule has 0 bridgehead atoms. The molecule has 0 aromatic heterocycles. The van der Waals surface area contributed by atoms with E-state index in [1.54, 1.807) is 0 Å². The minimum Gasteiger partial charge on any atom is -0.757 e. The van der Waals surface area contributed by atoms with E-state index in [1.165, 1.54) is 43.9 Å². The number of hydrogen-bond acceptors (Lipinski definition) is 13. The number of hydrogen-bond donors (Lipinski definition) is 0. The van der Waals surface area contributed by atoms with Crippen LogP contribution in [0, 0.1) is 15.3 Å². The van der Waals surface area contributed by atoms with E-state index >= 15 is 0 Å². The van der Waals surface area contributed by atoms with Crippen LogP contribution >= 0.6 is 15.8 Å². The third-order valence-corrected chi connectivity index (χ3v) is 11.4. The predicted octanol–water partition coefficient (Wildman–Crippen LogP) is 4.43. The van der Waals surface area contributed by atoms with Gasteiger partial charge in [0.15, 0.2) is 12.2 Å². The van der Waals surface area contributed by atoms with E-state index in [9.17, 15) is 19.2 Å². The summed E-state index contributed by atoms with van der Waals surface area (Å²) >= 11 is 5.11. The van der Waals surface area contributed by atoms with E-state index in [2.05, 4.69) is 41.5 Å². The summed E-state index contributed by atoms with van der Waals surface area (Å²) in [5, 5.41) is 14.8. The van der Waals surface area contributed by atoms with Gasteiger partial charge >= 0.3 is 68.6 Å². The first kappa shape index (κ1) is 53.2. The van der Waals surface area contributed by atoms with Crippen molar-refractivity contribution >= 4 is 52.3 Å². The Balaban J connectivity index is -0.000000208. The average Bonchev–Trinajstić information content (AvgIpc) is 2.88. The average molecular weight is 1060 g/mol. The van der Waals surface area contributed by atoms with Gasteiger partial charge in [-0.2, -0.15) is 0 Å². The second-order valence-corrected chi connectivity index (χ2v) is 15.5. The minimum absolute atomic E-state index is 0. The van der Waals surface area contributed by atoms with Gasteiger partial charge in [0.05, 0.1) is 5.09 Å². The molecule has 1 aliphatic rings. The first-order valence-electron chi connectivity index (χ1n) is 13.8. The zero-order chi connectivity index (χ0) is 33.4. The van der Waals surface area contributed by atoms with Crippen molar-refractivity contribution in [1.29, 1.82) is 0 Å². The van der Waals surface area contributed by atoms with E-state index in [-0.39, 0.29) is 51.4 Å². The maximum Gasteiger partial charge on any atom is 1.00 e. The Bertz CT molecular complexity index is 769. The molecule has 0 amide bonds. The maximum atomic E-state index is 11.4. The Morgan fingerprint density at radius 3 is 1.20 bits per heavy atom.